The molecule has 1 aliphatic carbocycles. The Morgan fingerprint density at radius 3 is 2.41 bits per heavy atom. The maximum absolute atomic E-state index is 12.5. The summed E-state index contributed by atoms with van der Waals surface area (Å²) in [6.45, 7) is 3.16. The van der Waals surface area contributed by atoms with Gasteiger partial charge in [0.1, 0.15) is 12.0 Å². The Hall–Kier alpha value is -2.63. The number of carbonyl (C=O) groups is 1. The Morgan fingerprint density at radius 1 is 1.04 bits per heavy atom. The van der Waals surface area contributed by atoms with Crippen LogP contribution in [0.25, 0.3) is 0 Å². The summed E-state index contributed by atoms with van der Waals surface area (Å²) in [5.74, 6) is 0.892. The van der Waals surface area contributed by atoms with Crippen LogP contribution < -0.4 is 9.64 Å². The molecule has 0 bridgehead atoms. The van der Waals surface area contributed by atoms with E-state index in [-0.39, 0.29) is 5.78 Å². The minimum absolute atomic E-state index is 0.0431. The number of allylic oxidation sites excluding steroid dienone is 1. The molecule has 2 aromatic rings. The monoisotopic (exact) mass is 364 g/mol. The van der Waals surface area contributed by atoms with E-state index in [0.717, 1.165) is 48.7 Å². The lowest BCUT2D eigenvalue weighted by atomic mass is 10.1. The summed E-state index contributed by atoms with van der Waals surface area (Å²) < 4.78 is 5.21. The predicted molar refractivity (Wildman–Crippen MR) is 105 cm³/mol. The maximum Gasteiger partial charge on any atom is 0.189 e. The second-order valence-electron chi connectivity index (χ2n) is 6.99. The summed E-state index contributed by atoms with van der Waals surface area (Å²) >= 11 is 0. The van der Waals surface area contributed by atoms with E-state index in [0.29, 0.717) is 12.0 Å². The minimum atomic E-state index is -0.726. The molecule has 140 valence electrons. The van der Waals surface area contributed by atoms with Crippen LogP contribution in [0.2, 0.25) is 0 Å². The van der Waals surface area contributed by atoms with Gasteiger partial charge in [-0.05, 0) is 35.9 Å². The van der Waals surface area contributed by atoms with Crippen molar-refractivity contribution >= 4 is 11.5 Å². The van der Waals surface area contributed by atoms with Gasteiger partial charge in [0.05, 0.1) is 7.11 Å². The standard InChI is InChI=1S/C22H24N2O3/c1-27-19-8-6-18(7-9-19)23-10-12-24(13-11-23)21(25)15-17-14-16-4-2-3-5-20(16)22(17)26/h2-9,15,21,25H,10-14H2,1H3. The van der Waals surface area contributed by atoms with Crippen LogP contribution in [-0.4, -0.2) is 55.3 Å². The fraction of sp³-hybridized carbons (Fsp3) is 0.318. The van der Waals surface area contributed by atoms with Gasteiger partial charge in [-0.3, -0.25) is 9.69 Å². The first-order valence-corrected chi connectivity index (χ1v) is 9.30. The number of methoxy groups -OCH3 is 1. The van der Waals surface area contributed by atoms with Crippen molar-refractivity contribution in [2.75, 3.05) is 38.2 Å². The number of hydrogen-bond acceptors (Lipinski definition) is 5. The van der Waals surface area contributed by atoms with Gasteiger partial charge in [-0.1, -0.05) is 24.3 Å². The summed E-state index contributed by atoms with van der Waals surface area (Å²) in [6.07, 6.45) is 1.61. The van der Waals surface area contributed by atoms with E-state index < -0.39 is 6.23 Å². The molecule has 5 nitrogen and oxygen atoms in total. The van der Waals surface area contributed by atoms with Crippen molar-refractivity contribution in [1.82, 2.24) is 4.90 Å². The molecule has 2 aliphatic rings. The maximum atomic E-state index is 12.5. The number of benzene rings is 2. The second-order valence-corrected chi connectivity index (χ2v) is 6.99. The predicted octanol–water partition coefficient (Wildman–Crippen LogP) is 2.50. The summed E-state index contributed by atoms with van der Waals surface area (Å²) in [7, 11) is 1.66. The molecular weight excluding hydrogens is 340 g/mol. The lowest BCUT2D eigenvalue weighted by Gasteiger charge is -2.37. The molecule has 1 heterocycles. The van der Waals surface area contributed by atoms with Crippen LogP contribution >= 0.6 is 0 Å². The molecule has 1 atom stereocenters. The molecule has 0 saturated carbocycles. The zero-order valence-electron chi connectivity index (χ0n) is 15.5. The normalized spacial score (nSPS) is 20.0. The molecular formula is C22H24N2O3. The van der Waals surface area contributed by atoms with E-state index in [1.807, 2.05) is 41.3 Å². The van der Waals surface area contributed by atoms with Crippen molar-refractivity contribution in [3.63, 3.8) is 0 Å². The number of fused-ring (bicyclic) bond motifs is 1. The van der Waals surface area contributed by atoms with Crippen molar-refractivity contribution in [2.45, 2.75) is 12.6 Å². The van der Waals surface area contributed by atoms with E-state index in [9.17, 15) is 9.90 Å². The Kier molecular flexibility index (Phi) is 4.97. The molecule has 1 unspecified atom stereocenters. The first-order valence-electron chi connectivity index (χ1n) is 9.30. The Labute approximate surface area is 159 Å². The van der Waals surface area contributed by atoms with Crippen molar-refractivity contribution in [3.05, 3.63) is 71.3 Å². The largest absolute Gasteiger partial charge is 0.497 e. The van der Waals surface area contributed by atoms with Gasteiger partial charge in [0.2, 0.25) is 0 Å². The highest BCUT2D eigenvalue weighted by Crippen LogP contribution is 2.27. The third kappa shape index (κ3) is 3.61. The SMILES string of the molecule is COc1ccc(N2CCN(C(O)C=C3Cc4ccccc4C3=O)CC2)cc1. The zero-order valence-corrected chi connectivity index (χ0v) is 15.5. The average molecular weight is 364 g/mol. The summed E-state index contributed by atoms with van der Waals surface area (Å²) in [5, 5.41) is 10.6. The number of piperazine rings is 1. The highest BCUT2D eigenvalue weighted by Gasteiger charge is 2.27. The summed E-state index contributed by atoms with van der Waals surface area (Å²) in [5.41, 5.74) is 3.66. The number of ether oxygens (including phenoxy) is 1. The molecule has 1 saturated heterocycles. The topological polar surface area (TPSA) is 53.0 Å². The molecule has 5 heteroatoms. The van der Waals surface area contributed by atoms with Crippen molar-refractivity contribution < 1.29 is 14.6 Å². The number of aliphatic hydroxyl groups excluding tert-OH is 1. The number of carbonyl (C=O) groups excluding carboxylic acids is 1. The molecule has 0 spiro atoms. The quantitative estimate of drug-likeness (QED) is 0.845. The number of aliphatic hydroxyl groups is 1. The van der Waals surface area contributed by atoms with Gasteiger partial charge < -0.3 is 14.7 Å². The fourth-order valence-electron chi connectivity index (χ4n) is 3.81. The third-order valence-corrected chi connectivity index (χ3v) is 5.41. The lowest BCUT2D eigenvalue weighted by Crippen LogP contribution is -2.50. The Balaban J connectivity index is 1.37. The lowest BCUT2D eigenvalue weighted by molar-refractivity contribution is 0.0369. The zero-order chi connectivity index (χ0) is 18.8. The number of Topliss-reactive ketones (excluding diaryl/α,β-unsaturated/α-hetero) is 1. The Morgan fingerprint density at radius 2 is 1.74 bits per heavy atom. The van der Waals surface area contributed by atoms with Gasteiger partial charge in [0.25, 0.3) is 0 Å². The number of nitrogens with zero attached hydrogens (tertiary/aromatic N) is 2. The van der Waals surface area contributed by atoms with E-state index in [1.165, 1.54) is 0 Å². The van der Waals surface area contributed by atoms with Gasteiger partial charge in [-0.25, -0.2) is 0 Å². The van der Waals surface area contributed by atoms with Crippen LogP contribution in [0, 0.1) is 0 Å². The van der Waals surface area contributed by atoms with Crippen LogP contribution in [0.1, 0.15) is 15.9 Å². The smallest absolute Gasteiger partial charge is 0.189 e. The molecule has 0 radical (unpaired) electrons. The van der Waals surface area contributed by atoms with E-state index >= 15 is 0 Å². The van der Waals surface area contributed by atoms with Crippen molar-refractivity contribution in [2.24, 2.45) is 0 Å². The van der Waals surface area contributed by atoms with E-state index in [2.05, 4.69) is 17.0 Å². The van der Waals surface area contributed by atoms with Crippen LogP contribution in [0.15, 0.2) is 60.2 Å². The third-order valence-electron chi connectivity index (χ3n) is 5.41. The van der Waals surface area contributed by atoms with E-state index in [4.69, 9.17) is 4.74 Å². The minimum Gasteiger partial charge on any atom is -0.497 e. The van der Waals surface area contributed by atoms with Crippen LogP contribution in [0.5, 0.6) is 5.75 Å². The number of ketones is 1. The van der Waals surface area contributed by atoms with E-state index in [1.54, 1.807) is 13.2 Å². The first kappa shape index (κ1) is 17.8. The molecule has 0 aromatic heterocycles. The van der Waals surface area contributed by atoms with Gasteiger partial charge in [-0.15, -0.1) is 0 Å². The van der Waals surface area contributed by atoms with Crippen molar-refractivity contribution in [1.29, 1.82) is 0 Å². The fourth-order valence-corrected chi connectivity index (χ4v) is 3.81. The highest BCUT2D eigenvalue weighted by atomic mass is 16.5. The highest BCUT2D eigenvalue weighted by molar-refractivity contribution is 6.13. The van der Waals surface area contributed by atoms with Gasteiger partial charge in [0.15, 0.2) is 5.78 Å². The first-order chi connectivity index (χ1) is 13.2. The van der Waals surface area contributed by atoms with Crippen molar-refractivity contribution in [3.8, 4) is 5.75 Å². The molecule has 1 fully saturated rings. The number of anilines is 1. The molecule has 0 amide bonds. The van der Waals surface area contributed by atoms with Gasteiger partial charge in [-0.2, -0.15) is 0 Å². The number of rotatable bonds is 4. The summed E-state index contributed by atoms with van der Waals surface area (Å²) in [4.78, 5) is 16.8. The molecule has 27 heavy (non-hydrogen) atoms. The van der Waals surface area contributed by atoms with Crippen LogP contribution in [-0.2, 0) is 6.42 Å². The molecule has 1 N–H and O–H groups in total. The molecule has 4 rings (SSSR count). The number of hydrogen-bond donors (Lipinski definition) is 1. The van der Waals surface area contributed by atoms with Gasteiger partial charge in [0, 0.05) is 49.4 Å². The second kappa shape index (κ2) is 7.55. The van der Waals surface area contributed by atoms with Gasteiger partial charge >= 0.3 is 0 Å². The molecule has 1 aliphatic heterocycles. The Bertz CT molecular complexity index is 852. The summed E-state index contributed by atoms with van der Waals surface area (Å²) in [6, 6.07) is 15.7. The molecule has 2 aromatic carbocycles. The average Bonchev–Trinajstić information content (AvgIpc) is 3.04. The van der Waals surface area contributed by atoms with Crippen LogP contribution in [0.4, 0.5) is 5.69 Å². The van der Waals surface area contributed by atoms with Crippen LogP contribution in [0.3, 0.4) is 0 Å².